The summed E-state index contributed by atoms with van der Waals surface area (Å²) in [6, 6.07) is 0.567. The fourth-order valence-corrected chi connectivity index (χ4v) is 2.34. The molecule has 0 aromatic rings. The van der Waals surface area contributed by atoms with Crippen molar-refractivity contribution in [3.05, 3.63) is 11.6 Å². The summed E-state index contributed by atoms with van der Waals surface area (Å²) < 4.78 is 10.6. The van der Waals surface area contributed by atoms with Gasteiger partial charge in [-0.25, -0.2) is 0 Å². The molecule has 2 unspecified atom stereocenters. The summed E-state index contributed by atoms with van der Waals surface area (Å²) >= 11 is 0. The third-order valence-electron chi connectivity index (χ3n) is 2.86. The molecule has 0 radical (unpaired) electrons. The second-order valence-electron chi connectivity index (χ2n) is 4.22. The highest BCUT2D eigenvalue weighted by Gasteiger charge is 2.23. The normalized spacial score (nSPS) is 26.9. The second kappa shape index (κ2) is 6.26. The van der Waals surface area contributed by atoms with Gasteiger partial charge in [0.05, 0.1) is 0 Å². The van der Waals surface area contributed by atoms with E-state index in [-0.39, 0.29) is 6.29 Å². The summed E-state index contributed by atoms with van der Waals surface area (Å²) in [6.45, 7) is 5.41. The first-order chi connectivity index (χ1) is 7.21. The molecule has 0 saturated carbocycles. The Morgan fingerprint density at radius 1 is 1.47 bits per heavy atom. The Morgan fingerprint density at radius 2 is 2.13 bits per heavy atom. The van der Waals surface area contributed by atoms with Gasteiger partial charge in [-0.1, -0.05) is 19.9 Å². The zero-order chi connectivity index (χ0) is 11.3. The van der Waals surface area contributed by atoms with Crippen LogP contribution < -0.4 is 5.32 Å². The van der Waals surface area contributed by atoms with Gasteiger partial charge in [0, 0.05) is 20.3 Å². The molecule has 2 atom stereocenters. The highest BCUT2D eigenvalue weighted by molar-refractivity contribution is 5.13. The topological polar surface area (TPSA) is 30.5 Å². The van der Waals surface area contributed by atoms with Gasteiger partial charge in [-0.15, -0.1) is 0 Å². The fraction of sp³-hybridized carbons (Fsp3) is 0.833. The number of hydrogen-bond donors (Lipinski definition) is 1. The van der Waals surface area contributed by atoms with Crippen LogP contribution >= 0.6 is 0 Å². The number of nitrogens with one attached hydrogen (secondary N) is 1. The molecule has 0 aliphatic heterocycles. The predicted octanol–water partition coefficient (Wildman–Crippen LogP) is 1.94. The molecule has 0 aromatic carbocycles. The van der Waals surface area contributed by atoms with Crippen LogP contribution in [0.25, 0.3) is 0 Å². The first kappa shape index (κ1) is 12.7. The van der Waals surface area contributed by atoms with Gasteiger partial charge < -0.3 is 14.8 Å². The van der Waals surface area contributed by atoms with E-state index in [1.165, 1.54) is 12.0 Å². The average Bonchev–Trinajstić information content (AvgIpc) is 2.19. The Morgan fingerprint density at radius 3 is 2.67 bits per heavy atom. The van der Waals surface area contributed by atoms with E-state index in [1.807, 2.05) is 0 Å². The third-order valence-corrected chi connectivity index (χ3v) is 2.86. The quantitative estimate of drug-likeness (QED) is 0.559. The molecule has 0 saturated heterocycles. The lowest BCUT2D eigenvalue weighted by atomic mass is 9.87. The molecule has 3 nitrogen and oxygen atoms in total. The standard InChI is InChI=1S/C12H23NO2/c1-5-13-11-7-9(2)6-10(8-11)12(14-3)15-4/h6,9,11-13H,5,7-8H2,1-4H3. The number of hydrogen-bond acceptors (Lipinski definition) is 3. The summed E-state index contributed by atoms with van der Waals surface area (Å²) in [6.07, 6.45) is 4.35. The molecule has 88 valence electrons. The molecule has 1 aliphatic carbocycles. The summed E-state index contributed by atoms with van der Waals surface area (Å²) in [5.74, 6) is 0.602. The summed E-state index contributed by atoms with van der Waals surface area (Å²) in [5.41, 5.74) is 1.27. The highest BCUT2D eigenvalue weighted by Crippen LogP contribution is 2.26. The van der Waals surface area contributed by atoms with E-state index in [1.54, 1.807) is 14.2 Å². The van der Waals surface area contributed by atoms with Crippen molar-refractivity contribution in [2.45, 2.75) is 39.0 Å². The van der Waals surface area contributed by atoms with Crippen LogP contribution in [0.1, 0.15) is 26.7 Å². The molecule has 1 aliphatic rings. The van der Waals surface area contributed by atoms with Crippen LogP contribution in [-0.4, -0.2) is 33.1 Å². The van der Waals surface area contributed by atoms with Crippen LogP contribution in [0.3, 0.4) is 0 Å². The van der Waals surface area contributed by atoms with Gasteiger partial charge in [0.2, 0.25) is 0 Å². The zero-order valence-electron chi connectivity index (χ0n) is 10.2. The molecule has 0 aromatic heterocycles. The first-order valence-corrected chi connectivity index (χ1v) is 5.70. The van der Waals surface area contributed by atoms with E-state index in [4.69, 9.17) is 9.47 Å². The Kier molecular flexibility index (Phi) is 5.29. The van der Waals surface area contributed by atoms with Gasteiger partial charge in [-0.05, 0) is 30.9 Å². The van der Waals surface area contributed by atoms with Gasteiger partial charge in [-0.3, -0.25) is 0 Å². The Labute approximate surface area is 92.8 Å². The number of methoxy groups -OCH3 is 2. The van der Waals surface area contributed by atoms with E-state index < -0.39 is 0 Å². The van der Waals surface area contributed by atoms with E-state index in [0.29, 0.717) is 12.0 Å². The Balaban J connectivity index is 2.63. The van der Waals surface area contributed by atoms with Crippen molar-refractivity contribution in [2.75, 3.05) is 20.8 Å². The minimum absolute atomic E-state index is 0.172. The van der Waals surface area contributed by atoms with Crippen molar-refractivity contribution < 1.29 is 9.47 Å². The first-order valence-electron chi connectivity index (χ1n) is 5.70. The lowest BCUT2D eigenvalue weighted by molar-refractivity contribution is -0.0784. The Hall–Kier alpha value is -0.380. The van der Waals surface area contributed by atoms with Crippen LogP contribution in [-0.2, 0) is 9.47 Å². The van der Waals surface area contributed by atoms with Crippen LogP contribution in [0.4, 0.5) is 0 Å². The lowest BCUT2D eigenvalue weighted by Gasteiger charge is -2.30. The number of allylic oxidation sites excluding steroid dienone is 1. The summed E-state index contributed by atoms with van der Waals surface area (Å²) in [4.78, 5) is 0. The van der Waals surface area contributed by atoms with Crippen LogP contribution in [0.5, 0.6) is 0 Å². The van der Waals surface area contributed by atoms with E-state index in [0.717, 1.165) is 13.0 Å². The monoisotopic (exact) mass is 213 g/mol. The maximum absolute atomic E-state index is 5.30. The van der Waals surface area contributed by atoms with Crippen molar-refractivity contribution in [1.82, 2.24) is 5.32 Å². The van der Waals surface area contributed by atoms with Crippen molar-refractivity contribution in [1.29, 1.82) is 0 Å². The van der Waals surface area contributed by atoms with Crippen LogP contribution in [0.2, 0.25) is 0 Å². The van der Waals surface area contributed by atoms with E-state index in [2.05, 4.69) is 25.2 Å². The van der Waals surface area contributed by atoms with E-state index in [9.17, 15) is 0 Å². The molecule has 0 amide bonds. The molecule has 0 bridgehead atoms. The summed E-state index contributed by atoms with van der Waals surface area (Å²) in [5, 5.41) is 3.50. The van der Waals surface area contributed by atoms with Gasteiger partial charge in [-0.2, -0.15) is 0 Å². The SMILES string of the molecule is CCNC1CC(C(OC)OC)=CC(C)C1. The molecule has 0 spiro atoms. The average molecular weight is 213 g/mol. The molecule has 1 N–H and O–H groups in total. The fourth-order valence-electron chi connectivity index (χ4n) is 2.34. The minimum atomic E-state index is -0.172. The highest BCUT2D eigenvalue weighted by atomic mass is 16.7. The Bertz CT molecular complexity index is 212. The molecule has 1 rings (SSSR count). The summed E-state index contributed by atoms with van der Waals surface area (Å²) in [7, 11) is 3.38. The smallest absolute Gasteiger partial charge is 0.179 e. The maximum Gasteiger partial charge on any atom is 0.179 e. The van der Waals surface area contributed by atoms with E-state index >= 15 is 0 Å². The molecular weight excluding hydrogens is 190 g/mol. The van der Waals surface area contributed by atoms with Crippen LogP contribution in [0.15, 0.2) is 11.6 Å². The molecule has 15 heavy (non-hydrogen) atoms. The largest absolute Gasteiger partial charge is 0.352 e. The second-order valence-corrected chi connectivity index (χ2v) is 4.22. The predicted molar refractivity (Wildman–Crippen MR) is 61.8 cm³/mol. The van der Waals surface area contributed by atoms with Gasteiger partial charge in [0.15, 0.2) is 6.29 Å². The number of ether oxygens (including phenoxy) is 2. The molecular formula is C12H23NO2. The minimum Gasteiger partial charge on any atom is -0.352 e. The van der Waals surface area contributed by atoms with Gasteiger partial charge in [0.25, 0.3) is 0 Å². The maximum atomic E-state index is 5.30. The molecule has 0 fully saturated rings. The lowest BCUT2D eigenvalue weighted by Crippen LogP contribution is -2.35. The van der Waals surface area contributed by atoms with Gasteiger partial charge >= 0.3 is 0 Å². The van der Waals surface area contributed by atoms with Crippen LogP contribution in [0, 0.1) is 5.92 Å². The third kappa shape index (κ3) is 3.59. The van der Waals surface area contributed by atoms with Gasteiger partial charge in [0.1, 0.15) is 0 Å². The van der Waals surface area contributed by atoms with Crippen molar-refractivity contribution in [2.24, 2.45) is 5.92 Å². The van der Waals surface area contributed by atoms with Crippen molar-refractivity contribution >= 4 is 0 Å². The molecule has 0 heterocycles. The zero-order valence-corrected chi connectivity index (χ0v) is 10.2. The molecule has 3 heteroatoms. The number of rotatable bonds is 5. The van der Waals surface area contributed by atoms with Crippen molar-refractivity contribution in [3.63, 3.8) is 0 Å². The van der Waals surface area contributed by atoms with Crippen molar-refractivity contribution in [3.8, 4) is 0 Å².